The molecule has 1 aliphatic heterocycles. The molecule has 3 rings (SSSR count). The molecular formula is C16H17NO3. The van der Waals surface area contributed by atoms with Crippen LogP contribution in [0.4, 0.5) is 0 Å². The first kappa shape index (κ1) is 12.9. The van der Waals surface area contributed by atoms with Gasteiger partial charge in [0.15, 0.2) is 5.76 Å². The number of Topliss-reactive ketones (excluding diaryl/α,β-unsaturated/α-hetero) is 1. The molecule has 3 aliphatic rings. The number of ether oxygens (including phenoxy) is 2. The van der Waals surface area contributed by atoms with Crippen molar-refractivity contribution in [3.05, 3.63) is 46.5 Å². The standard InChI is InChI=1S/C16H17NO3/c1-8-9(2)15(18)16(20-4)12-10-6-5-7-11(19-3)14(10)17-13(8)12/h5-7,10,14H,1-4H3/t10-,14+/m1/s1. The predicted molar refractivity (Wildman–Crippen MR) is 76.4 cm³/mol. The average Bonchev–Trinajstić information content (AvgIpc) is 2.85. The average molecular weight is 271 g/mol. The van der Waals surface area contributed by atoms with E-state index in [1.807, 2.05) is 26.0 Å². The molecule has 0 amide bonds. The van der Waals surface area contributed by atoms with Crippen molar-refractivity contribution in [2.24, 2.45) is 10.9 Å². The second-order valence-electron chi connectivity index (χ2n) is 5.13. The van der Waals surface area contributed by atoms with E-state index in [2.05, 4.69) is 6.08 Å². The van der Waals surface area contributed by atoms with Crippen LogP contribution in [0.3, 0.4) is 0 Å². The molecule has 0 N–H and O–H groups in total. The second-order valence-corrected chi connectivity index (χ2v) is 5.13. The summed E-state index contributed by atoms with van der Waals surface area (Å²) in [4.78, 5) is 17.1. The summed E-state index contributed by atoms with van der Waals surface area (Å²) in [5, 5.41) is 0. The van der Waals surface area contributed by atoms with E-state index in [0.717, 1.165) is 22.6 Å². The number of methoxy groups -OCH3 is 2. The van der Waals surface area contributed by atoms with Gasteiger partial charge >= 0.3 is 0 Å². The van der Waals surface area contributed by atoms with Crippen LogP contribution in [-0.4, -0.2) is 31.8 Å². The van der Waals surface area contributed by atoms with Crippen molar-refractivity contribution < 1.29 is 14.3 Å². The summed E-state index contributed by atoms with van der Waals surface area (Å²) in [7, 11) is 3.19. The lowest BCUT2D eigenvalue weighted by atomic mass is 9.81. The number of ketones is 1. The number of carbonyl (C=O) groups excluding carboxylic acids is 1. The maximum atomic E-state index is 12.4. The van der Waals surface area contributed by atoms with Gasteiger partial charge in [-0.3, -0.25) is 9.79 Å². The summed E-state index contributed by atoms with van der Waals surface area (Å²) in [6.45, 7) is 3.76. The van der Waals surface area contributed by atoms with Gasteiger partial charge in [0.2, 0.25) is 5.78 Å². The molecule has 4 nitrogen and oxygen atoms in total. The fourth-order valence-electron chi connectivity index (χ4n) is 3.01. The summed E-state index contributed by atoms with van der Waals surface area (Å²) in [6, 6.07) is -0.0891. The third kappa shape index (κ3) is 1.54. The number of rotatable bonds is 2. The molecule has 0 spiro atoms. The van der Waals surface area contributed by atoms with Crippen LogP contribution < -0.4 is 0 Å². The van der Waals surface area contributed by atoms with Crippen molar-refractivity contribution in [2.45, 2.75) is 19.9 Å². The molecule has 0 radical (unpaired) electrons. The van der Waals surface area contributed by atoms with E-state index in [4.69, 9.17) is 14.5 Å². The highest BCUT2D eigenvalue weighted by molar-refractivity contribution is 6.27. The van der Waals surface area contributed by atoms with Crippen LogP contribution in [0, 0.1) is 5.92 Å². The predicted octanol–water partition coefficient (Wildman–Crippen LogP) is 2.35. The Morgan fingerprint density at radius 2 is 1.90 bits per heavy atom. The normalized spacial score (nSPS) is 28.1. The Hall–Kier alpha value is -2.10. The maximum absolute atomic E-state index is 12.4. The zero-order valence-corrected chi connectivity index (χ0v) is 12.1. The largest absolute Gasteiger partial charge is 0.499 e. The molecule has 0 fully saturated rings. The van der Waals surface area contributed by atoms with Crippen LogP contribution >= 0.6 is 0 Å². The van der Waals surface area contributed by atoms with E-state index >= 15 is 0 Å². The first-order valence-corrected chi connectivity index (χ1v) is 6.61. The molecule has 0 aromatic heterocycles. The van der Waals surface area contributed by atoms with Crippen molar-refractivity contribution in [1.82, 2.24) is 0 Å². The summed E-state index contributed by atoms with van der Waals surface area (Å²) in [6.07, 6.45) is 5.92. The molecule has 4 heteroatoms. The molecule has 0 unspecified atom stereocenters. The first-order chi connectivity index (χ1) is 9.60. The van der Waals surface area contributed by atoms with Gasteiger partial charge in [0, 0.05) is 17.1 Å². The van der Waals surface area contributed by atoms with Gasteiger partial charge in [-0.05, 0) is 25.5 Å². The minimum Gasteiger partial charge on any atom is -0.499 e. The number of aliphatic imine (C=N–C) groups is 1. The lowest BCUT2D eigenvalue weighted by Crippen LogP contribution is -2.26. The minimum atomic E-state index is -0.0891. The molecular weight excluding hydrogens is 254 g/mol. The molecule has 0 aromatic rings. The molecule has 0 saturated heterocycles. The van der Waals surface area contributed by atoms with E-state index in [1.165, 1.54) is 0 Å². The zero-order valence-electron chi connectivity index (χ0n) is 12.1. The fraction of sp³-hybridized carbons (Fsp3) is 0.375. The molecule has 20 heavy (non-hydrogen) atoms. The molecule has 0 bridgehead atoms. The summed E-state index contributed by atoms with van der Waals surface area (Å²) >= 11 is 0. The number of allylic oxidation sites excluding steroid dienone is 4. The molecule has 104 valence electrons. The van der Waals surface area contributed by atoms with Gasteiger partial charge in [-0.1, -0.05) is 12.2 Å². The van der Waals surface area contributed by atoms with Gasteiger partial charge in [0.25, 0.3) is 0 Å². The molecule has 1 heterocycles. The Kier molecular flexibility index (Phi) is 2.89. The number of nitrogens with zero attached hydrogens (tertiary/aromatic N) is 1. The summed E-state index contributed by atoms with van der Waals surface area (Å²) in [5.41, 5.74) is 3.41. The lowest BCUT2D eigenvalue weighted by molar-refractivity contribution is -0.115. The van der Waals surface area contributed by atoms with Gasteiger partial charge in [-0.2, -0.15) is 0 Å². The van der Waals surface area contributed by atoms with Crippen LogP contribution in [0.2, 0.25) is 0 Å². The highest BCUT2D eigenvalue weighted by Gasteiger charge is 2.43. The van der Waals surface area contributed by atoms with E-state index < -0.39 is 0 Å². The SMILES string of the molecule is COC1=CC=C[C@@H]2C3=C(OC)C(=O)C(C)=C(C)C3=N[C@H]12. The Morgan fingerprint density at radius 1 is 1.15 bits per heavy atom. The second kappa shape index (κ2) is 4.47. The maximum Gasteiger partial charge on any atom is 0.223 e. The van der Waals surface area contributed by atoms with Crippen molar-refractivity contribution in [3.63, 3.8) is 0 Å². The Morgan fingerprint density at radius 3 is 2.55 bits per heavy atom. The zero-order chi connectivity index (χ0) is 14.4. The van der Waals surface area contributed by atoms with Crippen molar-refractivity contribution in [1.29, 1.82) is 0 Å². The number of fused-ring (bicyclic) bond motifs is 3. The number of hydrogen-bond donors (Lipinski definition) is 0. The summed E-state index contributed by atoms with van der Waals surface area (Å²) in [5.74, 6) is 1.22. The Labute approximate surface area is 118 Å². The molecule has 0 aromatic carbocycles. The van der Waals surface area contributed by atoms with Gasteiger partial charge in [-0.15, -0.1) is 0 Å². The van der Waals surface area contributed by atoms with E-state index in [-0.39, 0.29) is 17.7 Å². The minimum absolute atomic E-state index is 0.0203. The molecule has 2 aliphatic carbocycles. The number of carbonyl (C=O) groups is 1. The third-order valence-electron chi connectivity index (χ3n) is 4.22. The van der Waals surface area contributed by atoms with Gasteiger partial charge in [0.05, 0.1) is 19.9 Å². The lowest BCUT2D eigenvalue weighted by Gasteiger charge is -2.24. The van der Waals surface area contributed by atoms with Crippen molar-refractivity contribution in [3.8, 4) is 0 Å². The smallest absolute Gasteiger partial charge is 0.223 e. The monoisotopic (exact) mass is 271 g/mol. The van der Waals surface area contributed by atoms with Gasteiger partial charge in [0.1, 0.15) is 11.8 Å². The van der Waals surface area contributed by atoms with E-state index in [9.17, 15) is 4.79 Å². The van der Waals surface area contributed by atoms with E-state index in [0.29, 0.717) is 11.3 Å². The Bertz CT molecular complexity index is 647. The molecule has 2 atom stereocenters. The summed E-state index contributed by atoms with van der Waals surface area (Å²) < 4.78 is 10.8. The van der Waals surface area contributed by atoms with Crippen molar-refractivity contribution in [2.75, 3.05) is 14.2 Å². The highest BCUT2D eigenvalue weighted by Crippen LogP contribution is 2.42. The Balaban J connectivity index is 2.20. The van der Waals surface area contributed by atoms with Crippen LogP contribution in [-0.2, 0) is 14.3 Å². The van der Waals surface area contributed by atoms with Crippen LogP contribution in [0.15, 0.2) is 51.5 Å². The third-order valence-corrected chi connectivity index (χ3v) is 4.22. The van der Waals surface area contributed by atoms with Crippen LogP contribution in [0.25, 0.3) is 0 Å². The van der Waals surface area contributed by atoms with Crippen LogP contribution in [0.1, 0.15) is 13.8 Å². The van der Waals surface area contributed by atoms with Gasteiger partial charge in [-0.25, -0.2) is 0 Å². The fourth-order valence-corrected chi connectivity index (χ4v) is 3.01. The van der Waals surface area contributed by atoms with E-state index in [1.54, 1.807) is 14.2 Å². The first-order valence-electron chi connectivity index (χ1n) is 6.61. The topological polar surface area (TPSA) is 47.9 Å². The quantitative estimate of drug-likeness (QED) is 0.724. The van der Waals surface area contributed by atoms with Crippen LogP contribution in [0.5, 0.6) is 0 Å². The van der Waals surface area contributed by atoms with Crippen molar-refractivity contribution >= 4 is 11.5 Å². The highest BCUT2D eigenvalue weighted by atomic mass is 16.5. The molecule has 0 saturated carbocycles. The number of hydrogen-bond acceptors (Lipinski definition) is 4. The van der Waals surface area contributed by atoms with Gasteiger partial charge < -0.3 is 9.47 Å².